The van der Waals surface area contributed by atoms with Gasteiger partial charge in [0.1, 0.15) is 0 Å². The number of carbonyl (C=O) groups excluding carboxylic acids is 1. The van der Waals surface area contributed by atoms with Crippen LogP contribution in [0.2, 0.25) is 0 Å². The second kappa shape index (κ2) is 5.40. The van der Waals surface area contributed by atoms with Crippen LogP contribution in [0.15, 0.2) is 12.1 Å². The number of carboxylic acids is 1. The number of nitrogens with zero attached hydrogens (tertiary/aromatic N) is 1. The smallest absolute Gasteiger partial charge is 0.336 e. The molecule has 1 aliphatic heterocycles. The number of benzene rings is 1. The van der Waals surface area contributed by atoms with Gasteiger partial charge in [-0.25, -0.2) is 13.6 Å². The predicted octanol–water partition coefficient (Wildman–Crippen LogP) is 1.91. The second-order valence-corrected chi connectivity index (χ2v) is 5.45. The zero-order chi connectivity index (χ0) is 15.8. The Hall–Kier alpha value is -2.02. The summed E-state index contributed by atoms with van der Waals surface area (Å²) in [6.07, 6.45) is 0. The minimum Gasteiger partial charge on any atom is -0.478 e. The number of rotatable bonds is 2. The van der Waals surface area contributed by atoms with Crippen LogP contribution in [0.25, 0.3) is 0 Å². The summed E-state index contributed by atoms with van der Waals surface area (Å²) in [4.78, 5) is 24.9. The lowest BCUT2D eigenvalue weighted by Crippen LogP contribution is -2.50. The van der Waals surface area contributed by atoms with Gasteiger partial charge < -0.3 is 14.7 Å². The Bertz CT molecular complexity index is 601. The average Bonchev–Trinajstić information content (AvgIpc) is 2.39. The lowest BCUT2D eigenvalue weighted by molar-refractivity contribution is -0.0764. The Balaban J connectivity index is 2.39. The molecule has 1 saturated heterocycles. The third-order valence-electron chi connectivity index (χ3n) is 3.23. The van der Waals surface area contributed by atoms with Crippen molar-refractivity contribution in [3.8, 4) is 0 Å². The number of halogens is 2. The zero-order valence-electron chi connectivity index (χ0n) is 11.7. The number of aromatic carboxylic acids is 1. The highest BCUT2D eigenvalue weighted by Crippen LogP contribution is 2.22. The molecule has 5 nitrogen and oxygen atoms in total. The van der Waals surface area contributed by atoms with Crippen LogP contribution in [-0.2, 0) is 4.74 Å². The summed E-state index contributed by atoms with van der Waals surface area (Å²) in [7, 11) is 0. The Kier molecular flexibility index (Phi) is 3.95. The Morgan fingerprint density at radius 3 is 2.33 bits per heavy atom. The van der Waals surface area contributed by atoms with Gasteiger partial charge in [-0.15, -0.1) is 0 Å². The van der Waals surface area contributed by atoms with Gasteiger partial charge in [0.05, 0.1) is 23.3 Å². The highest BCUT2D eigenvalue weighted by Gasteiger charge is 2.32. The first kappa shape index (κ1) is 15.4. The molecular formula is C14H15F2NO4. The summed E-state index contributed by atoms with van der Waals surface area (Å²) < 4.78 is 32.0. The van der Waals surface area contributed by atoms with Crippen LogP contribution in [0.4, 0.5) is 8.78 Å². The van der Waals surface area contributed by atoms with Gasteiger partial charge in [-0.1, -0.05) is 0 Å². The molecule has 0 saturated carbocycles. The fourth-order valence-corrected chi connectivity index (χ4v) is 2.26. The van der Waals surface area contributed by atoms with E-state index in [0.29, 0.717) is 18.7 Å². The van der Waals surface area contributed by atoms with Gasteiger partial charge in [0, 0.05) is 13.1 Å². The molecule has 21 heavy (non-hydrogen) atoms. The molecule has 1 amide bonds. The monoisotopic (exact) mass is 299 g/mol. The number of carboxylic acid groups (broad SMARTS) is 1. The van der Waals surface area contributed by atoms with E-state index in [0.717, 1.165) is 0 Å². The Labute approximate surface area is 120 Å². The molecule has 1 N–H and O–H groups in total. The summed E-state index contributed by atoms with van der Waals surface area (Å²) in [6, 6.07) is 1.15. The van der Waals surface area contributed by atoms with E-state index < -0.39 is 34.7 Å². The van der Waals surface area contributed by atoms with Crippen molar-refractivity contribution in [3.63, 3.8) is 0 Å². The van der Waals surface area contributed by atoms with E-state index in [-0.39, 0.29) is 18.7 Å². The van der Waals surface area contributed by atoms with Crippen LogP contribution in [-0.4, -0.2) is 47.2 Å². The maximum absolute atomic E-state index is 13.3. The van der Waals surface area contributed by atoms with Crippen LogP contribution in [0, 0.1) is 11.6 Å². The van der Waals surface area contributed by atoms with E-state index in [2.05, 4.69) is 0 Å². The van der Waals surface area contributed by atoms with Crippen molar-refractivity contribution in [2.24, 2.45) is 0 Å². The van der Waals surface area contributed by atoms with E-state index in [1.165, 1.54) is 4.90 Å². The van der Waals surface area contributed by atoms with Gasteiger partial charge in [0.25, 0.3) is 5.91 Å². The van der Waals surface area contributed by atoms with Crippen LogP contribution in [0.1, 0.15) is 34.6 Å². The summed E-state index contributed by atoms with van der Waals surface area (Å²) in [5.74, 6) is -4.69. The van der Waals surface area contributed by atoms with Gasteiger partial charge in [0.2, 0.25) is 0 Å². The number of carbonyl (C=O) groups is 2. The largest absolute Gasteiger partial charge is 0.478 e. The molecule has 0 atom stereocenters. The van der Waals surface area contributed by atoms with E-state index in [1.807, 2.05) is 0 Å². The molecular weight excluding hydrogens is 284 g/mol. The minimum absolute atomic E-state index is 0.240. The number of amides is 1. The van der Waals surface area contributed by atoms with Crippen molar-refractivity contribution >= 4 is 11.9 Å². The van der Waals surface area contributed by atoms with Crippen molar-refractivity contribution in [2.45, 2.75) is 19.4 Å². The molecule has 2 rings (SSSR count). The highest BCUT2D eigenvalue weighted by atomic mass is 19.2. The van der Waals surface area contributed by atoms with Crippen LogP contribution in [0.3, 0.4) is 0 Å². The van der Waals surface area contributed by atoms with Gasteiger partial charge >= 0.3 is 5.97 Å². The Morgan fingerprint density at radius 1 is 1.24 bits per heavy atom. The van der Waals surface area contributed by atoms with Crippen LogP contribution in [0.5, 0.6) is 0 Å². The molecule has 114 valence electrons. The maximum Gasteiger partial charge on any atom is 0.336 e. The number of ether oxygens (including phenoxy) is 1. The quantitative estimate of drug-likeness (QED) is 0.906. The molecule has 0 bridgehead atoms. The normalized spacial score (nSPS) is 17.6. The third-order valence-corrected chi connectivity index (χ3v) is 3.23. The lowest BCUT2D eigenvalue weighted by Gasteiger charge is -2.38. The Morgan fingerprint density at radius 2 is 1.81 bits per heavy atom. The fraction of sp³-hybridized carbons (Fsp3) is 0.429. The summed E-state index contributed by atoms with van der Waals surface area (Å²) in [5.41, 5.74) is -1.49. The maximum atomic E-state index is 13.3. The van der Waals surface area contributed by atoms with Gasteiger partial charge in [0.15, 0.2) is 11.6 Å². The summed E-state index contributed by atoms with van der Waals surface area (Å²) in [5, 5.41) is 9.05. The standard InChI is InChI=1S/C14H15F2NO4/c1-14(2)7-17(3-4-21-14)12(18)8-5-10(15)11(16)6-9(8)13(19)20/h5-6H,3-4,7H2,1-2H3,(H,19,20). The van der Waals surface area contributed by atoms with Crippen LogP contribution >= 0.6 is 0 Å². The molecule has 1 aromatic rings. The molecule has 0 spiro atoms. The van der Waals surface area contributed by atoms with Crippen molar-refractivity contribution in [2.75, 3.05) is 19.7 Å². The van der Waals surface area contributed by atoms with Gasteiger partial charge in [-0.2, -0.15) is 0 Å². The molecule has 0 unspecified atom stereocenters. The number of hydrogen-bond acceptors (Lipinski definition) is 3. The molecule has 1 heterocycles. The minimum atomic E-state index is -1.48. The molecule has 0 aliphatic carbocycles. The first-order valence-electron chi connectivity index (χ1n) is 6.37. The van der Waals surface area contributed by atoms with E-state index in [4.69, 9.17) is 9.84 Å². The topological polar surface area (TPSA) is 66.8 Å². The number of hydrogen-bond donors (Lipinski definition) is 1. The van der Waals surface area contributed by atoms with Crippen molar-refractivity contribution in [3.05, 3.63) is 34.9 Å². The van der Waals surface area contributed by atoms with E-state index in [9.17, 15) is 18.4 Å². The summed E-state index contributed by atoms with van der Waals surface area (Å²) >= 11 is 0. The summed E-state index contributed by atoms with van der Waals surface area (Å²) in [6.45, 7) is 4.38. The molecule has 0 aromatic heterocycles. The first-order chi connectivity index (χ1) is 9.71. The molecule has 1 aliphatic rings. The van der Waals surface area contributed by atoms with Crippen LogP contribution < -0.4 is 0 Å². The third kappa shape index (κ3) is 3.18. The SMILES string of the molecule is CC1(C)CN(C(=O)c2cc(F)c(F)cc2C(=O)O)CCO1. The molecule has 1 fully saturated rings. The predicted molar refractivity (Wildman–Crippen MR) is 69.3 cm³/mol. The second-order valence-electron chi connectivity index (χ2n) is 5.45. The molecule has 0 radical (unpaired) electrons. The lowest BCUT2D eigenvalue weighted by atomic mass is 10.0. The first-order valence-corrected chi connectivity index (χ1v) is 6.37. The van der Waals surface area contributed by atoms with E-state index in [1.54, 1.807) is 13.8 Å². The number of morpholine rings is 1. The molecule has 7 heteroatoms. The van der Waals surface area contributed by atoms with Gasteiger partial charge in [-0.3, -0.25) is 4.79 Å². The highest BCUT2D eigenvalue weighted by molar-refractivity contribution is 6.04. The zero-order valence-corrected chi connectivity index (χ0v) is 11.7. The van der Waals surface area contributed by atoms with Crippen molar-refractivity contribution in [1.29, 1.82) is 0 Å². The van der Waals surface area contributed by atoms with Gasteiger partial charge in [-0.05, 0) is 26.0 Å². The fourth-order valence-electron chi connectivity index (χ4n) is 2.26. The molecule has 1 aromatic carbocycles. The average molecular weight is 299 g/mol. The van der Waals surface area contributed by atoms with Crippen molar-refractivity contribution < 1.29 is 28.2 Å². The van der Waals surface area contributed by atoms with E-state index >= 15 is 0 Å². The van der Waals surface area contributed by atoms with Crippen molar-refractivity contribution in [1.82, 2.24) is 4.90 Å².